The van der Waals surface area contributed by atoms with Crippen molar-refractivity contribution < 1.29 is 19.1 Å². The first-order valence-electron chi connectivity index (χ1n) is 8.07. The Bertz CT molecular complexity index is 698. The molecule has 142 valence electrons. The number of nitrogens with zero attached hydrogens (tertiary/aromatic N) is 1. The second-order valence-electron chi connectivity index (χ2n) is 5.68. The zero-order valence-electron chi connectivity index (χ0n) is 15.2. The van der Waals surface area contributed by atoms with Crippen molar-refractivity contribution in [2.24, 2.45) is 16.5 Å². The van der Waals surface area contributed by atoms with Crippen LogP contribution in [0.4, 0.5) is 5.69 Å². The number of methoxy groups -OCH3 is 1. The molecule has 0 bridgehead atoms. The van der Waals surface area contributed by atoms with Gasteiger partial charge in [-0.2, -0.15) is 0 Å². The number of nitrogens with two attached hydrogens (primary N) is 2. The summed E-state index contributed by atoms with van der Waals surface area (Å²) < 4.78 is 5.19. The van der Waals surface area contributed by atoms with Gasteiger partial charge in [-0.3, -0.25) is 19.4 Å². The molecule has 0 spiro atoms. The summed E-state index contributed by atoms with van der Waals surface area (Å²) in [5, 5.41) is 5.28. The fraction of sp³-hybridized carbons (Fsp3) is 0.412. The fourth-order valence-electron chi connectivity index (χ4n) is 2.28. The maximum absolute atomic E-state index is 12.6. The molecule has 0 fully saturated rings. The molecule has 0 saturated heterocycles. The molecular weight excluding hydrogens is 338 g/mol. The summed E-state index contributed by atoms with van der Waals surface area (Å²) in [6.07, 6.45) is 0.928. The zero-order chi connectivity index (χ0) is 19.7. The highest BCUT2D eigenvalue weighted by molar-refractivity contribution is 6.01. The minimum Gasteiger partial charge on any atom is -0.496 e. The van der Waals surface area contributed by atoms with Gasteiger partial charge >= 0.3 is 0 Å². The highest BCUT2D eigenvalue weighted by atomic mass is 16.5. The van der Waals surface area contributed by atoms with Crippen LogP contribution in [0.2, 0.25) is 0 Å². The lowest BCUT2D eigenvalue weighted by molar-refractivity contribution is -0.119. The lowest BCUT2D eigenvalue weighted by Gasteiger charge is -2.17. The monoisotopic (exact) mass is 363 g/mol. The van der Waals surface area contributed by atoms with Gasteiger partial charge in [0.15, 0.2) is 11.7 Å². The molecular formula is C17H25N5O4. The first-order chi connectivity index (χ1) is 12.2. The van der Waals surface area contributed by atoms with Crippen molar-refractivity contribution >= 4 is 29.2 Å². The molecule has 6 N–H and O–H groups in total. The van der Waals surface area contributed by atoms with Crippen LogP contribution in [0.3, 0.4) is 0 Å². The first-order valence-corrected chi connectivity index (χ1v) is 8.07. The lowest BCUT2D eigenvalue weighted by atomic mass is 10.1. The van der Waals surface area contributed by atoms with Crippen LogP contribution in [-0.4, -0.2) is 43.3 Å². The van der Waals surface area contributed by atoms with Crippen molar-refractivity contribution in [1.82, 2.24) is 5.32 Å². The Morgan fingerprint density at radius 3 is 2.46 bits per heavy atom. The Hall–Kier alpha value is -3.10. The topological polar surface area (TPSA) is 149 Å². The zero-order valence-corrected chi connectivity index (χ0v) is 15.2. The minimum atomic E-state index is -0.675. The van der Waals surface area contributed by atoms with Crippen molar-refractivity contribution in [2.45, 2.75) is 32.7 Å². The van der Waals surface area contributed by atoms with E-state index in [9.17, 15) is 14.4 Å². The molecule has 9 heteroatoms. The van der Waals surface area contributed by atoms with E-state index in [2.05, 4.69) is 15.6 Å². The van der Waals surface area contributed by atoms with E-state index < -0.39 is 11.9 Å². The van der Waals surface area contributed by atoms with Gasteiger partial charge < -0.3 is 26.8 Å². The van der Waals surface area contributed by atoms with E-state index in [-0.39, 0.29) is 23.2 Å². The summed E-state index contributed by atoms with van der Waals surface area (Å²) in [5.74, 6) is -0.605. The maximum atomic E-state index is 12.6. The third-order valence-electron chi connectivity index (χ3n) is 3.51. The molecule has 1 atom stereocenters. The van der Waals surface area contributed by atoms with E-state index in [4.69, 9.17) is 16.2 Å². The molecule has 1 aromatic carbocycles. The molecule has 26 heavy (non-hydrogen) atoms. The molecule has 0 aliphatic rings. The SMILES string of the molecule is COc1ccc(NC(C)=O)cc1C(=O)N[C@H](CCCN=C(N)N)C(C)=O. The molecule has 0 aliphatic heterocycles. The van der Waals surface area contributed by atoms with Gasteiger partial charge in [-0.15, -0.1) is 0 Å². The van der Waals surface area contributed by atoms with E-state index in [1.54, 1.807) is 12.1 Å². The maximum Gasteiger partial charge on any atom is 0.255 e. The number of amides is 2. The smallest absolute Gasteiger partial charge is 0.255 e. The Labute approximate surface area is 152 Å². The van der Waals surface area contributed by atoms with E-state index in [1.165, 1.54) is 27.0 Å². The summed E-state index contributed by atoms with van der Waals surface area (Å²) in [6.45, 7) is 3.13. The van der Waals surface area contributed by atoms with Crippen LogP contribution in [0.25, 0.3) is 0 Å². The van der Waals surface area contributed by atoms with Gasteiger partial charge in [0.25, 0.3) is 5.91 Å². The third-order valence-corrected chi connectivity index (χ3v) is 3.51. The predicted molar refractivity (Wildman–Crippen MR) is 99.1 cm³/mol. The number of Topliss-reactive ketones (excluding diaryl/α,β-unsaturated/α-hetero) is 1. The minimum absolute atomic E-state index is 0.0204. The van der Waals surface area contributed by atoms with Gasteiger partial charge in [0, 0.05) is 19.2 Å². The van der Waals surface area contributed by atoms with E-state index in [0.717, 1.165) is 0 Å². The Morgan fingerprint density at radius 2 is 1.92 bits per heavy atom. The number of ketones is 1. The lowest BCUT2D eigenvalue weighted by Crippen LogP contribution is -2.40. The van der Waals surface area contributed by atoms with Gasteiger partial charge in [0.1, 0.15) is 5.75 Å². The Morgan fingerprint density at radius 1 is 1.23 bits per heavy atom. The molecule has 0 saturated carbocycles. The second kappa shape index (κ2) is 10.0. The summed E-state index contributed by atoms with van der Waals surface area (Å²) in [7, 11) is 1.43. The normalized spacial score (nSPS) is 11.2. The Balaban J connectivity index is 2.89. The average Bonchev–Trinajstić information content (AvgIpc) is 2.56. The second-order valence-corrected chi connectivity index (χ2v) is 5.68. The van der Waals surface area contributed by atoms with Crippen molar-refractivity contribution in [1.29, 1.82) is 0 Å². The molecule has 1 aromatic rings. The predicted octanol–water partition coefficient (Wildman–Crippen LogP) is 0.395. The summed E-state index contributed by atoms with van der Waals surface area (Å²) in [6, 6.07) is 4.01. The standard InChI is InChI=1S/C17H25N5O4/c1-10(23)14(5-4-8-20-17(18)19)22-16(25)13-9-12(21-11(2)24)6-7-15(13)26-3/h6-7,9,14H,4-5,8H2,1-3H3,(H,21,24)(H,22,25)(H4,18,19,20)/t14-/m1/s1. The molecule has 0 aliphatic carbocycles. The highest BCUT2D eigenvalue weighted by Crippen LogP contribution is 2.23. The van der Waals surface area contributed by atoms with E-state index in [1.807, 2.05) is 0 Å². The first kappa shape index (κ1) is 20.9. The molecule has 0 radical (unpaired) electrons. The van der Waals surface area contributed by atoms with Crippen molar-refractivity contribution in [3.8, 4) is 5.75 Å². The largest absolute Gasteiger partial charge is 0.496 e. The Kier molecular flexibility index (Phi) is 8.07. The quantitative estimate of drug-likeness (QED) is 0.283. The van der Waals surface area contributed by atoms with Crippen molar-refractivity contribution in [3.05, 3.63) is 23.8 Å². The number of hydrogen-bond acceptors (Lipinski definition) is 5. The van der Waals surface area contributed by atoms with Crippen molar-refractivity contribution in [3.63, 3.8) is 0 Å². The number of hydrogen-bond donors (Lipinski definition) is 4. The number of benzene rings is 1. The number of carbonyl (C=O) groups is 3. The number of anilines is 1. The fourth-order valence-corrected chi connectivity index (χ4v) is 2.28. The van der Waals surface area contributed by atoms with Crippen LogP contribution in [0.5, 0.6) is 5.75 Å². The highest BCUT2D eigenvalue weighted by Gasteiger charge is 2.20. The number of nitrogens with one attached hydrogen (secondary N) is 2. The summed E-state index contributed by atoms with van der Waals surface area (Å²) >= 11 is 0. The van der Waals surface area contributed by atoms with Gasteiger partial charge in [-0.05, 0) is 38.0 Å². The third kappa shape index (κ3) is 6.80. The van der Waals surface area contributed by atoms with E-state index in [0.29, 0.717) is 30.8 Å². The molecule has 1 rings (SSSR count). The molecule has 0 unspecified atom stereocenters. The molecule has 0 heterocycles. The van der Waals surface area contributed by atoms with E-state index >= 15 is 0 Å². The van der Waals surface area contributed by atoms with Crippen LogP contribution in [0.1, 0.15) is 37.0 Å². The molecule has 2 amide bonds. The average molecular weight is 363 g/mol. The van der Waals surface area contributed by atoms with Gasteiger partial charge in [-0.25, -0.2) is 0 Å². The van der Waals surface area contributed by atoms with Gasteiger partial charge in [0.05, 0.1) is 18.7 Å². The number of rotatable bonds is 9. The van der Waals surface area contributed by atoms with Crippen LogP contribution >= 0.6 is 0 Å². The van der Waals surface area contributed by atoms with Crippen LogP contribution in [0, 0.1) is 0 Å². The van der Waals surface area contributed by atoms with Crippen LogP contribution in [0.15, 0.2) is 23.2 Å². The molecule has 0 aromatic heterocycles. The summed E-state index contributed by atoms with van der Waals surface area (Å²) in [4.78, 5) is 39.5. The number of carbonyl (C=O) groups excluding carboxylic acids is 3. The van der Waals surface area contributed by atoms with Gasteiger partial charge in [0.2, 0.25) is 5.91 Å². The van der Waals surface area contributed by atoms with Crippen LogP contribution in [-0.2, 0) is 9.59 Å². The number of aliphatic imine (C=N–C) groups is 1. The molecule has 9 nitrogen and oxygen atoms in total. The van der Waals surface area contributed by atoms with Gasteiger partial charge in [-0.1, -0.05) is 0 Å². The number of ether oxygens (including phenoxy) is 1. The van der Waals surface area contributed by atoms with Crippen molar-refractivity contribution in [2.75, 3.05) is 19.0 Å². The number of guanidine groups is 1. The van der Waals surface area contributed by atoms with Crippen LogP contribution < -0.4 is 26.8 Å². The summed E-state index contributed by atoms with van der Waals surface area (Å²) in [5.41, 5.74) is 11.2.